The van der Waals surface area contributed by atoms with Crippen molar-refractivity contribution in [2.75, 3.05) is 0 Å². The molecule has 0 N–H and O–H groups in total. The van der Waals surface area contributed by atoms with Crippen LogP contribution < -0.4 is 0 Å². The molecule has 0 aliphatic rings. The first-order valence-corrected chi connectivity index (χ1v) is 16.6. The van der Waals surface area contributed by atoms with Crippen molar-refractivity contribution in [3.63, 3.8) is 0 Å². The molecule has 1 heterocycles. The smallest absolute Gasteiger partial charge is 0.164 e. The summed E-state index contributed by atoms with van der Waals surface area (Å²) in [5, 5.41) is 16.6. The molecule has 4 heteroatoms. The first-order valence-electron chi connectivity index (χ1n) is 16.6. The van der Waals surface area contributed by atoms with Crippen LogP contribution in [-0.2, 0) is 0 Å². The monoisotopic (exact) mass is 636 g/mol. The Hall–Kier alpha value is -6.96. The van der Waals surface area contributed by atoms with E-state index in [9.17, 15) is 5.26 Å². The molecule has 0 aliphatic heterocycles. The van der Waals surface area contributed by atoms with Gasteiger partial charge in [0.05, 0.1) is 11.6 Å². The van der Waals surface area contributed by atoms with Gasteiger partial charge in [0.2, 0.25) is 0 Å². The minimum absolute atomic E-state index is 0.608. The van der Waals surface area contributed by atoms with Crippen molar-refractivity contribution < 1.29 is 0 Å². The quantitative estimate of drug-likeness (QED) is 0.139. The minimum atomic E-state index is 0.608. The predicted octanol–water partition coefficient (Wildman–Crippen LogP) is 11.5. The van der Waals surface area contributed by atoms with E-state index < -0.39 is 0 Å². The van der Waals surface area contributed by atoms with Crippen LogP contribution in [-0.4, -0.2) is 15.0 Å². The van der Waals surface area contributed by atoms with Gasteiger partial charge in [-0.1, -0.05) is 152 Å². The molecule has 232 valence electrons. The van der Waals surface area contributed by atoms with Gasteiger partial charge in [-0.2, -0.15) is 5.26 Å². The van der Waals surface area contributed by atoms with E-state index in [-0.39, 0.29) is 0 Å². The van der Waals surface area contributed by atoms with Gasteiger partial charge in [-0.05, 0) is 72.8 Å². The molecule has 0 atom stereocenters. The lowest BCUT2D eigenvalue weighted by Gasteiger charge is -2.14. The summed E-state index contributed by atoms with van der Waals surface area (Å²) in [5.74, 6) is 1.85. The number of hydrogen-bond donors (Lipinski definition) is 0. The Labute approximate surface area is 289 Å². The number of aromatic nitrogens is 3. The van der Waals surface area contributed by atoms with Gasteiger partial charge in [0.15, 0.2) is 17.5 Å². The fraction of sp³-hybridized carbons (Fsp3) is 0. The summed E-state index contributed by atoms with van der Waals surface area (Å²) in [5.41, 5.74) is 7.85. The van der Waals surface area contributed by atoms with Gasteiger partial charge in [0, 0.05) is 16.7 Å². The number of nitrogens with zero attached hydrogens (tertiary/aromatic N) is 4. The fourth-order valence-corrected chi connectivity index (χ4v) is 6.82. The Bertz CT molecular complexity index is 2730. The Morgan fingerprint density at radius 3 is 1.44 bits per heavy atom. The zero-order valence-electron chi connectivity index (χ0n) is 27.0. The minimum Gasteiger partial charge on any atom is -0.208 e. The van der Waals surface area contributed by atoms with Gasteiger partial charge in [-0.15, -0.1) is 0 Å². The highest BCUT2D eigenvalue weighted by Crippen LogP contribution is 2.40. The van der Waals surface area contributed by atoms with Gasteiger partial charge in [0.25, 0.3) is 0 Å². The molecular weight excluding hydrogens is 609 g/mol. The van der Waals surface area contributed by atoms with E-state index in [1.807, 2.05) is 66.7 Å². The van der Waals surface area contributed by atoms with E-state index in [2.05, 4.69) is 109 Å². The summed E-state index contributed by atoms with van der Waals surface area (Å²) < 4.78 is 0. The zero-order chi connectivity index (χ0) is 33.4. The Kier molecular flexibility index (Phi) is 7.15. The predicted molar refractivity (Wildman–Crippen MR) is 204 cm³/mol. The molecule has 0 aliphatic carbocycles. The average molecular weight is 637 g/mol. The lowest BCUT2D eigenvalue weighted by Crippen LogP contribution is -2.00. The van der Waals surface area contributed by atoms with Gasteiger partial charge in [-0.3, -0.25) is 0 Å². The maximum absolute atomic E-state index is 9.18. The van der Waals surface area contributed by atoms with Crippen LogP contribution in [0.25, 0.3) is 88.7 Å². The second-order valence-electron chi connectivity index (χ2n) is 12.4. The Morgan fingerprint density at radius 1 is 0.340 bits per heavy atom. The van der Waals surface area contributed by atoms with Crippen molar-refractivity contribution in [3.05, 3.63) is 175 Å². The van der Waals surface area contributed by atoms with Crippen LogP contribution in [0.2, 0.25) is 0 Å². The number of nitriles is 1. The molecule has 9 rings (SSSR count). The number of rotatable bonds is 5. The molecule has 1 aromatic heterocycles. The SMILES string of the molecule is N#Cc1ccc(-c2ccc(-c3nc(-c4ccccc4)nc(-c4ccc(-c5c6ccccc6cc6c5ccc5ccccc56)cc4)n3)cc2)cc1. The lowest BCUT2D eigenvalue weighted by atomic mass is 9.89. The first-order chi connectivity index (χ1) is 24.7. The highest BCUT2D eigenvalue weighted by molar-refractivity contribution is 6.20. The third-order valence-electron chi connectivity index (χ3n) is 9.36. The van der Waals surface area contributed by atoms with Crippen molar-refractivity contribution in [2.45, 2.75) is 0 Å². The normalized spacial score (nSPS) is 11.2. The highest BCUT2D eigenvalue weighted by atomic mass is 15.0. The zero-order valence-corrected chi connectivity index (χ0v) is 27.0. The summed E-state index contributed by atoms with van der Waals surface area (Å²) in [6.45, 7) is 0. The standard InChI is InChI=1S/C46H28N4/c47-29-30-14-16-31(17-15-30)32-18-22-36(23-19-32)45-48-44(35-9-2-1-3-10-35)49-46(50-45)37-24-20-34(21-25-37)43-40-13-7-5-11-38(40)28-42-39-12-6-4-8-33(39)26-27-41(42)43/h1-28H. The maximum atomic E-state index is 9.18. The van der Waals surface area contributed by atoms with E-state index >= 15 is 0 Å². The van der Waals surface area contributed by atoms with Crippen LogP contribution in [0.3, 0.4) is 0 Å². The first kappa shape index (κ1) is 29.2. The molecular formula is C46H28N4. The van der Waals surface area contributed by atoms with Gasteiger partial charge >= 0.3 is 0 Å². The summed E-state index contributed by atoms with van der Waals surface area (Å²) in [7, 11) is 0. The molecule has 0 saturated heterocycles. The summed E-state index contributed by atoms with van der Waals surface area (Å²) >= 11 is 0. The van der Waals surface area contributed by atoms with Crippen LogP contribution in [0.1, 0.15) is 5.56 Å². The second-order valence-corrected chi connectivity index (χ2v) is 12.4. The van der Waals surface area contributed by atoms with E-state index in [0.29, 0.717) is 23.0 Å². The molecule has 0 bridgehead atoms. The van der Waals surface area contributed by atoms with Crippen LogP contribution >= 0.6 is 0 Å². The lowest BCUT2D eigenvalue weighted by molar-refractivity contribution is 1.07. The molecule has 0 amide bonds. The molecule has 50 heavy (non-hydrogen) atoms. The average Bonchev–Trinajstić information content (AvgIpc) is 3.20. The third-order valence-corrected chi connectivity index (χ3v) is 9.36. The molecule has 0 unspecified atom stereocenters. The van der Waals surface area contributed by atoms with Gasteiger partial charge < -0.3 is 0 Å². The molecule has 0 saturated carbocycles. The third kappa shape index (κ3) is 5.24. The number of fused-ring (bicyclic) bond motifs is 4. The largest absolute Gasteiger partial charge is 0.208 e. The Balaban J connectivity index is 1.15. The van der Waals surface area contributed by atoms with Crippen molar-refractivity contribution in [3.8, 4) is 62.5 Å². The van der Waals surface area contributed by atoms with Crippen LogP contribution in [0.4, 0.5) is 0 Å². The molecule has 0 spiro atoms. The molecule has 0 fully saturated rings. The number of benzene rings is 8. The molecule has 8 aromatic carbocycles. The topological polar surface area (TPSA) is 62.5 Å². The van der Waals surface area contributed by atoms with E-state index in [4.69, 9.17) is 15.0 Å². The Morgan fingerprint density at radius 2 is 0.820 bits per heavy atom. The summed E-state index contributed by atoms with van der Waals surface area (Å²) in [6.07, 6.45) is 0. The van der Waals surface area contributed by atoms with Gasteiger partial charge in [0.1, 0.15) is 0 Å². The van der Waals surface area contributed by atoms with Crippen molar-refractivity contribution in [1.29, 1.82) is 5.26 Å². The summed E-state index contributed by atoms with van der Waals surface area (Å²) in [6, 6.07) is 60.7. The van der Waals surface area contributed by atoms with Crippen molar-refractivity contribution >= 4 is 32.3 Å². The van der Waals surface area contributed by atoms with E-state index in [1.54, 1.807) is 0 Å². The van der Waals surface area contributed by atoms with E-state index in [0.717, 1.165) is 33.4 Å². The molecule has 9 aromatic rings. The fourth-order valence-electron chi connectivity index (χ4n) is 6.82. The van der Waals surface area contributed by atoms with Crippen LogP contribution in [0, 0.1) is 11.3 Å². The van der Waals surface area contributed by atoms with Crippen LogP contribution in [0.5, 0.6) is 0 Å². The maximum Gasteiger partial charge on any atom is 0.164 e. The second kappa shape index (κ2) is 12.2. The molecule has 4 nitrogen and oxygen atoms in total. The molecule has 0 radical (unpaired) electrons. The summed E-state index contributed by atoms with van der Waals surface area (Å²) in [4.78, 5) is 14.9. The number of hydrogen-bond acceptors (Lipinski definition) is 4. The van der Waals surface area contributed by atoms with E-state index in [1.165, 1.54) is 37.9 Å². The van der Waals surface area contributed by atoms with Crippen molar-refractivity contribution in [2.24, 2.45) is 0 Å². The van der Waals surface area contributed by atoms with Crippen molar-refractivity contribution in [1.82, 2.24) is 15.0 Å². The highest BCUT2D eigenvalue weighted by Gasteiger charge is 2.15. The van der Waals surface area contributed by atoms with Gasteiger partial charge in [-0.25, -0.2) is 15.0 Å². The van der Waals surface area contributed by atoms with Crippen LogP contribution in [0.15, 0.2) is 170 Å².